The average Bonchev–Trinajstić information content (AvgIpc) is 3.77. The summed E-state index contributed by atoms with van der Waals surface area (Å²) in [6.45, 7) is 2.01. The van der Waals surface area contributed by atoms with E-state index >= 15 is 0 Å². The van der Waals surface area contributed by atoms with Crippen LogP contribution < -0.4 is 24.3 Å². The first kappa shape index (κ1) is 32.7. The number of nitrogens with zero attached hydrogens (tertiary/aromatic N) is 1. The summed E-state index contributed by atoms with van der Waals surface area (Å²) in [6, 6.07) is 13.8. The maximum Gasteiger partial charge on any atom is 0.290 e. The van der Waals surface area contributed by atoms with Crippen LogP contribution >= 0.6 is 34.8 Å². The first-order valence-corrected chi connectivity index (χ1v) is 15.3. The number of ether oxygens (including phenoxy) is 4. The summed E-state index contributed by atoms with van der Waals surface area (Å²) >= 11 is 18.6. The van der Waals surface area contributed by atoms with Crippen molar-refractivity contribution >= 4 is 52.8 Å². The zero-order valence-electron chi connectivity index (χ0n) is 24.0. The molecule has 3 aromatic carbocycles. The van der Waals surface area contributed by atoms with Gasteiger partial charge < -0.3 is 34.3 Å². The highest BCUT2D eigenvalue weighted by Crippen LogP contribution is 2.39. The molecule has 0 saturated heterocycles. The van der Waals surface area contributed by atoms with Crippen LogP contribution in [-0.2, 0) is 16.1 Å². The summed E-state index contributed by atoms with van der Waals surface area (Å²) in [7, 11) is 0. The van der Waals surface area contributed by atoms with Crippen LogP contribution in [0.25, 0.3) is 5.57 Å². The number of nitrogens with one attached hydrogen (secondary N) is 1. The molecule has 1 aliphatic carbocycles. The minimum atomic E-state index is -0.531. The SMILES string of the molecule is O=C(C1=C(c2ccc(OCCOc3c(Cl)cc(F)cc3Cl)cc2)CCNC1)N(Cc1cc2c(cc1Cl)OCO2)C1CC1.O=CO. The third-order valence-corrected chi connectivity index (χ3v) is 8.28. The predicted molar refractivity (Wildman–Crippen MR) is 168 cm³/mol. The summed E-state index contributed by atoms with van der Waals surface area (Å²) in [5.74, 6) is 1.62. The molecule has 45 heavy (non-hydrogen) atoms. The number of hydrogen-bond donors (Lipinski definition) is 2. The highest BCUT2D eigenvalue weighted by molar-refractivity contribution is 6.37. The van der Waals surface area contributed by atoms with Crippen molar-refractivity contribution < 1.29 is 38.0 Å². The van der Waals surface area contributed by atoms with E-state index in [1.807, 2.05) is 35.2 Å². The molecular weight excluding hydrogens is 650 g/mol. The van der Waals surface area contributed by atoms with E-state index in [0.29, 0.717) is 35.4 Å². The van der Waals surface area contributed by atoms with Crippen LogP contribution in [0, 0.1) is 5.82 Å². The molecule has 0 aromatic heterocycles. The van der Waals surface area contributed by atoms with Crippen molar-refractivity contribution in [2.45, 2.75) is 31.8 Å². The van der Waals surface area contributed by atoms with Crippen LogP contribution in [0.3, 0.4) is 0 Å². The summed E-state index contributed by atoms with van der Waals surface area (Å²) in [5.41, 5.74) is 3.60. The number of carbonyl (C=O) groups excluding carboxylic acids is 1. The molecule has 2 N–H and O–H groups in total. The van der Waals surface area contributed by atoms with E-state index in [0.717, 1.165) is 60.2 Å². The first-order valence-electron chi connectivity index (χ1n) is 14.2. The van der Waals surface area contributed by atoms with Crippen molar-refractivity contribution in [3.8, 4) is 23.0 Å². The van der Waals surface area contributed by atoms with Gasteiger partial charge in [0.15, 0.2) is 17.2 Å². The van der Waals surface area contributed by atoms with Gasteiger partial charge in [0, 0.05) is 35.8 Å². The van der Waals surface area contributed by atoms with E-state index in [2.05, 4.69) is 5.32 Å². The molecule has 0 bridgehead atoms. The van der Waals surface area contributed by atoms with Crippen molar-refractivity contribution in [1.29, 1.82) is 0 Å². The largest absolute Gasteiger partial charge is 0.490 e. The van der Waals surface area contributed by atoms with Gasteiger partial charge in [-0.05, 0) is 72.8 Å². The number of amides is 1. The fraction of sp³-hybridized carbons (Fsp3) is 0.312. The molecule has 0 spiro atoms. The van der Waals surface area contributed by atoms with Crippen LogP contribution in [0.2, 0.25) is 15.1 Å². The molecule has 6 rings (SSSR count). The Morgan fingerprint density at radius 2 is 1.64 bits per heavy atom. The van der Waals surface area contributed by atoms with E-state index in [9.17, 15) is 9.18 Å². The molecule has 3 aliphatic rings. The van der Waals surface area contributed by atoms with Gasteiger partial charge in [0.1, 0.15) is 24.8 Å². The quantitative estimate of drug-likeness (QED) is 0.182. The van der Waals surface area contributed by atoms with E-state index < -0.39 is 5.82 Å². The molecular formula is C32H30Cl3FN2O7. The summed E-state index contributed by atoms with van der Waals surface area (Å²) in [4.78, 5) is 24.3. The highest BCUT2D eigenvalue weighted by Gasteiger charge is 2.36. The lowest BCUT2D eigenvalue weighted by atomic mass is 9.93. The van der Waals surface area contributed by atoms with Crippen LogP contribution in [0.15, 0.2) is 54.1 Å². The molecule has 238 valence electrons. The van der Waals surface area contributed by atoms with Crippen LogP contribution in [0.5, 0.6) is 23.0 Å². The molecule has 1 amide bonds. The molecule has 2 aliphatic heterocycles. The Balaban J connectivity index is 0.00000128. The molecule has 0 radical (unpaired) electrons. The molecule has 2 heterocycles. The second-order valence-corrected chi connectivity index (χ2v) is 11.6. The van der Waals surface area contributed by atoms with Crippen LogP contribution in [-0.4, -0.2) is 61.5 Å². The number of carbonyl (C=O) groups is 2. The minimum absolute atomic E-state index is 0.0176. The zero-order chi connectivity index (χ0) is 31.9. The number of carboxylic acid groups (broad SMARTS) is 1. The molecule has 0 atom stereocenters. The number of benzene rings is 3. The molecule has 13 heteroatoms. The Kier molecular flexibility index (Phi) is 10.9. The van der Waals surface area contributed by atoms with Gasteiger partial charge in [-0.1, -0.05) is 46.9 Å². The maximum absolute atomic E-state index is 14.0. The monoisotopic (exact) mass is 678 g/mol. The molecule has 3 aromatic rings. The van der Waals surface area contributed by atoms with Gasteiger partial charge in [-0.15, -0.1) is 0 Å². The zero-order valence-corrected chi connectivity index (χ0v) is 26.3. The molecule has 9 nitrogen and oxygen atoms in total. The lowest BCUT2D eigenvalue weighted by Gasteiger charge is -2.28. The lowest BCUT2D eigenvalue weighted by molar-refractivity contribution is -0.128. The van der Waals surface area contributed by atoms with Gasteiger partial charge in [-0.3, -0.25) is 9.59 Å². The van der Waals surface area contributed by atoms with Crippen LogP contribution in [0.1, 0.15) is 30.4 Å². The summed E-state index contributed by atoms with van der Waals surface area (Å²) in [5, 5.41) is 11.0. The van der Waals surface area contributed by atoms with Crippen molar-refractivity contribution in [1.82, 2.24) is 10.2 Å². The van der Waals surface area contributed by atoms with E-state index in [4.69, 9.17) is 63.7 Å². The van der Waals surface area contributed by atoms with Crippen molar-refractivity contribution in [3.05, 3.63) is 86.1 Å². The van der Waals surface area contributed by atoms with Crippen molar-refractivity contribution in [2.24, 2.45) is 0 Å². The van der Waals surface area contributed by atoms with Crippen molar-refractivity contribution in [3.63, 3.8) is 0 Å². The Hall–Kier alpha value is -3.70. The van der Waals surface area contributed by atoms with Gasteiger partial charge >= 0.3 is 0 Å². The average molecular weight is 680 g/mol. The number of halogens is 4. The predicted octanol–water partition coefficient (Wildman–Crippen LogP) is 6.61. The first-order chi connectivity index (χ1) is 21.8. The Bertz CT molecular complexity index is 1560. The fourth-order valence-corrected chi connectivity index (χ4v) is 5.90. The summed E-state index contributed by atoms with van der Waals surface area (Å²) < 4.78 is 35.8. The second kappa shape index (κ2) is 15.1. The van der Waals surface area contributed by atoms with Crippen molar-refractivity contribution in [2.75, 3.05) is 33.1 Å². The Morgan fingerprint density at radius 3 is 2.31 bits per heavy atom. The smallest absolute Gasteiger partial charge is 0.290 e. The fourth-order valence-electron chi connectivity index (χ4n) is 5.12. The molecule has 1 fully saturated rings. The third kappa shape index (κ3) is 8.12. The Morgan fingerprint density at radius 1 is 1.00 bits per heavy atom. The lowest BCUT2D eigenvalue weighted by Crippen LogP contribution is -2.39. The minimum Gasteiger partial charge on any atom is -0.490 e. The molecule has 1 saturated carbocycles. The number of rotatable bonds is 10. The number of hydrogen-bond acceptors (Lipinski definition) is 7. The van der Waals surface area contributed by atoms with Crippen LogP contribution in [0.4, 0.5) is 4.39 Å². The van der Waals surface area contributed by atoms with E-state index in [1.54, 1.807) is 6.07 Å². The van der Waals surface area contributed by atoms with Gasteiger partial charge in [0.05, 0.1) is 10.0 Å². The maximum atomic E-state index is 14.0. The Labute approximate surface area is 274 Å². The van der Waals surface area contributed by atoms with Gasteiger partial charge in [-0.25, -0.2) is 4.39 Å². The van der Waals surface area contributed by atoms with E-state index in [1.165, 1.54) is 0 Å². The van der Waals surface area contributed by atoms with Gasteiger partial charge in [-0.2, -0.15) is 0 Å². The van der Waals surface area contributed by atoms with Gasteiger partial charge in [0.25, 0.3) is 12.4 Å². The standard InChI is InChI=1S/C31H28Cl3FN2O5.CH2O2/c32-25-14-29-28(41-17-42-29)11-19(25)16-37(21-3-4-21)31(38)24-15-36-8-7-23(24)18-1-5-22(6-2-18)39-9-10-40-30-26(33)12-20(35)13-27(30)34;2-1-3/h1-2,5-6,11-14,21,36H,3-4,7-10,15-17H2;1H,(H,2,3). The second-order valence-electron chi connectivity index (χ2n) is 10.4. The van der Waals surface area contributed by atoms with E-state index in [-0.39, 0.29) is 54.2 Å². The third-order valence-electron chi connectivity index (χ3n) is 7.37. The topological polar surface area (TPSA) is 107 Å². The number of fused-ring (bicyclic) bond motifs is 1. The van der Waals surface area contributed by atoms with Gasteiger partial charge in [0.2, 0.25) is 6.79 Å². The summed E-state index contributed by atoms with van der Waals surface area (Å²) in [6.07, 6.45) is 2.68. The normalized spacial score (nSPS) is 15.2. The molecule has 0 unspecified atom stereocenters. The highest BCUT2D eigenvalue weighted by atomic mass is 35.5.